The van der Waals surface area contributed by atoms with Gasteiger partial charge in [-0.05, 0) is 61.3 Å². The summed E-state index contributed by atoms with van der Waals surface area (Å²) >= 11 is 1.59. The number of aromatic nitrogens is 2. The first-order valence-electron chi connectivity index (χ1n) is 10.2. The fraction of sp³-hybridized carbons (Fsp3) is 0.391. The normalized spacial score (nSPS) is 11.7. The van der Waals surface area contributed by atoms with Gasteiger partial charge in [-0.1, -0.05) is 20.8 Å². The van der Waals surface area contributed by atoms with Crippen LogP contribution in [0.15, 0.2) is 47.4 Å². The summed E-state index contributed by atoms with van der Waals surface area (Å²) in [7, 11) is 2.02. The zero-order valence-electron chi connectivity index (χ0n) is 18.3. The van der Waals surface area contributed by atoms with Gasteiger partial charge in [-0.2, -0.15) is 0 Å². The smallest absolute Gasteiger partial charge is 0.251 e. The summed E-state index contributed by atoms with van der Waals surface area (Å²) in [6, 6.07) is 13.8. The Morgan fingerprint density at radius 3 is 2.50 bits per heavy atom. The number of rotatable bonds is 7. The summed E-state index contributed by atoms with van der Waals surface area (Å²) in [5, 5.41) is 11.5. The van der Waals surface area contributed by atoms with E-state index in [1.54, 1.807) is 24.1 Å². The molecule has 3 rings (SSSR count). The van der Waals surface area contributed by atoms with Crippen molar-refractivity contribution in [1.29, 1.82) is 0 Å². The number of hydrogen-bond donors (Lipinski definition) is 2. The molecule has 2 N–H and O–H groups in total. The highest BCUT2D eigenvalue weighted by Gasteiger charge is 2.22. The van der Waals surface area contributed by atoms with E-state index >= 15 is 0 Å². The zero-order chi connectivity index (χ0) is 21.9. The minimum absolute atomic E-state index is 0.0128. The van der Waals surface area contributed by atoms with E-state index in [-0.39, 0.29) is 24.5 Å². The second-order valence-corrected chi connectivity index (χ2v) is 9.40. The first-order valence-corrected chi connectivity index (χ1v) is 10.9. The van der Waals surface area contributed by atoms with Crippen molar-refractivity contribution in [1.82, 2.24) is 14.9 Å². The van der Waals surface area contributed by atoms with Gasteiger partial charge in [-0.3, -0.25) is 4.79 Å². The number of aliphatic hydroxyl groups excluding tert-OH is 1. The van der Waals surface area contributed by atoms with Crippen molar-refractivity contribution in [2.75, 3.05) is 24.5 Å². The maximum absolute atomic E-state index is 12.0. The molecule has 6 nitrogen and oxygen atoms in total. The third-order valence-electron chi connectivity index (χ3n) is 4.84. The fourth-order valence-corrected chi connectivity index (χ4v) is 4.15. The number of nitrogens with zero attached hydrogens (tertiary/aromatic N) is 3. The lowest BCUT2D eigenvalue weighted by atomic mass is 9.96. The lowest BCUT2D eigenvalue weighted by Gasteiger charge is -2.19. The molecule has 0 aliphatic rings. The Morgan fingerprint density at radius 1 is 1.20 bits per heavy atom. The average molecular weight is 427 g/mol. The number of imidazole rings is 1. The second-order valence-electron chi connectivity index (χ2n) is 8.20. The monoisotopic (exact) mass is 426 g/mol. The summed E-state index contributed by atoms with van der Waals surface area (Å²) in [6.07, 6.45) is 0. The van der Waals surface area contributed by atoms with E-state index in [1.807, 2.05) is 19.2 Å². The molecule has 3 aromatic rings. The first kappa shape index (κ1) is 22.2. The topological polar surface area (TPSA) is 70.4 Å². The molecule has 0 spiro atoms. The molecule has 0 radical (unpaired) electrons. The molecule has 0 fully saturated rings. The van der Waals surface area contributed by atoms with Gasteiger partial charge in [-0.25, -0.2) is 4.98 Å². The summed E-state index contributed by atoms with van der Waals surface area (Å²) in [5.74, 6) is 0.920. The van der Waals surface area contributed by atoms with E-state index in [9.17, 15) is 4.79 Å². The Bertz CT molecular complexity index is 1020. The van der Waals surface area contributed by atoms with Gasteiger partial charge in [0.25, 0.3) is 5.91 Å². The minimum Gasteiger partial charge on any atom is -0.395 e. The molecule has 30 heavy (non-hydrogen) atoms. The minimum atomic E-state index is -0.180. The highest BCUT2D eigenvalue weighted by molar-refractivity contribution is 8.00. The quantitative estimate of drug-likeness (QED) is 0.554. The third kappa shape index (κ3) is 4.79. The van der Waals surface area contributed by atoms with Gasteiger partial charge in [0, 0.05) is 41.7 Å². The Kier molecular flexibility index (Phi) is 6.73. The van der Waals surface area contributed by atoms with Crippen molar-refractivity contribution in [3.8, 4) is 0 Å². The highest BCUT2D eigenvalue weighted by Crippen LogP contribution is 2.32. The third-order valence-corrected chi connectivity index (χ3v) is 5.81. The van der Waals surface area contributed by atoms with Crippen molar-refractivity contribution in [2.24, 2.45) is 0 Å². The number of aliphatic hydroxyl groups is 1. The lowest BCUT2D eigenvalue weighted by molar-refractivity contribution is 0.0944. The summed E-state index contributed by atoms with van der Waals surface area (Å²) < 4.78 is 4.38. The number of amides is 1. The number of carbonyl (C=O) groups excluding carboxylic acids is 1. The molecule has 0 aliphatic carbocycles. The molecule has 0 saturated heterocycles. The number of aryl methyl sites for hydroxylation is 1. The van der Waals surface area contributed by atoms with Crippen LogP contribution >= 0.6 is 11.9 Å². The summed E-state index contributed by atoms with van der Waals surface area (Å²) in [4.78, 5) is 17.9. The van der Waals surface area contributed by atoms with E-state index in [4.69, 9.17) is 10.1 Å². The van der Waals surface area contributed by atoms with Gasteiger partial charge >= 0.3 is 0 Å². The molecule has 0 unspecified atom stereocenters. The number of nitrogens with one attached hydrogen (secondary N) is 1. The van der Waals surface area contributed by atoms with Gasteiger partial charge in [0.2, 0.25) is 0 Å². The molecule has 0 aliphatic heterocycles. The van der Waals surface area contributed by atoms with Gasteiger partial charge in [0.1, 0.15) is 5.82 Å². The van der Waals surface area contributed by atoms with Crippen LogP contribution in [0.25, 0.3) is 11.0 Å². The predicted molar refractivity (Wildman–Crippen MR) is 124 cm³/mol. The van der Waals surface area contributed by atoms with Crippen LogP contribution in [0.4, 0.5) is 5.69 Å². The van der Waals surface area contributed by atoms with Crippen LogP contribution in [0.5, 0.6) is 0 Å². The van der Waals surface area contributed by atoms with Crippen LogP contribution in [0, 0.1) is 0 Å². The van der Waals surface area contributed by atoms with Crippen molar-refractivity contribution in [3.63, 3.8) is 0 Å². The van der Waals surface area contributed by atoms with Gasteiger partial charge in [0.05, 0.1) is 17.6 Å². The maximum atomic E-state index is 12.0. The van der Waals surface area contributed by atoms with Crippen LogP contribution in [-0.4, -0.2) is 40.8 Å². The average Bonchev–Trinajstić information content (AvgIpc) is 3.11. The van der Waals surface area contributed by atoms with Crippen LogP contribution in [-0.2, 0) is 12.0 Å². The molecule has 0 bridgehead atoms. The standard InChI is InChI=1S/C23H30N4O2S/c1-6-27-20-12-9-17(15-19(20)25-22(27)23(2,3)4)26(5)30-18-10-7-16(8-11-18)21(29)24-13-14-28/h7-12,15,28H,6,13-14H2,1-5H3,(H,24,29). The molecule has 1 heterocycles. The van der Waals surface area contributed by atoms with Crippen LogP contribution in [0.3, 0.4) is 0 Å². The largest absolute Gasteiger partial charge is 0.395 e. The maximum Gasteiger partial charge on any atom is 0.251 e. The van der Waals surface area contributed by atoms with Gasteiger partial charge < -0.3 is 19.3 Å². The van der Waals surface area contributed by atoms with E-state index in [1.165, 1.54) is 0 Å². The van der Waals surface area contributed by atoms with E-state index in [0.717, 1.165) is 34.0 Å². The fourth-order valence-electron chi connectivity index (χ4n) is 3.36. The number of benzene rings is 2. The Morgan fingerprint density at radius 2 is 1.90 bits per heavy atom. The SMILES string of the molecule is CCn1c(C(C)(C)C)nc2cc(N(C)Sc3ccc(C(=O)NCCO)cc3)ccc21. The Labute approximate surface area is 182 Å². The summed E-state index contributed by atoms with van der Waals surface area (Å²) in [5.41, 5.74) is 3.79. The molecular formula is C23H30N4O2S. The molecule has 0 atom stereocenters. The molecule has 1 aromatic heterocycles. The number of carbonyl (C=O) groups is 1. The summed E-state index contributed by atoms with van der Waals surface area (Å²) in [6.45, 7) is 9.81. The van der Waals surface area contributed by atoms with Crippen LogP contribution in [0.1, 0.15) is 43.9 Å². The molecule has 160 valence electrons. The van der Waals surface area contributed by atoms with E-state index in [2.05, 4.69) is 60.1 Å². The van der Waals surface area contributed by atoms with Crippen LogP contribution in [0.2, 0.25) is 0 Å². The van der Waals surface area contributed by atoms with Crippen molar-refractivity contribution in [3.05, 3.63) is 53.9 Å². The molecule has 1 amide bonds. The molecule has 2 aromatic carbocycles. The van der Waals surface area contributed by atoms with Gasteiger partial charge in [0.15, 0.2) is 0 Å². The second kappa shape index (κ2) is 9.10. The van der Waals surface area contributed by atoms with Crippen molar-refractivity contribution >= 4 is 34.6 Å². The Hall–Kier alpha value is -2.51. The van der Waals surface area contributed by atoms with Crippen molar-refractivity contribution in [2.45, 2.75) is 44.6 Å². The number of anilines is 1. The van der Waals surface area contributed by atoms with Crippen LogP contribution < -0.4 is 9.62 Å². The highest BCUT2D eigenvalue weighted by atomic mass is 32.2. The molecule has 0 saturated carbocycles. The predicted octanol–water partition coefficient (Wildman–Crippen LogP) is 4.22. The van der Waals surface area contributed by atoms with Gasteiger partial charge in [-0.15, -0.1) is 0 Å². The van der Waals surface area contributed by atoms with E-state index in [0.29, 0.717) is 5.56 Å². The zero-order valence-corrected chi connectivity index (χ0v) is 19.1. The number of fused-ring (bicyclic) bond motifs is 1. The number of hydrogen-bond acceptors (Lipinski definition) is 5. The molecule has 7 heteroatoms. The first-order chi connectivity index (χ1) is 14.2. The van der Waals surface area contributed by atoms with E-state index < -0.39 is 0 Å². The molecular weight excluding hydrogens is 396 g/mol. The lowest BCUT2D eigenvalue weighted by Crippen LogP contribution is -2.26. The Balaban J connectivity index is 1.78. The van der Waals surface area contributed by atoms with Crippen molar-refractivity contribution < 1.29 is 9.90 Å².